The van der Waals surface area contributed by atoms with Gasteiger partial charge in [0.25, 0.3) is 5.56 Å². The number of carbonyl (C=O) groups is 1. The van der Waals surface area contributed by atoms with Gasteiger partial charge in [-0.05, 0) is 54.0 Å². The molecular weight excluding hydrogens is 342 g/mol. The van der Waals surface area contributed by atoms with E-state index in [1.165, 1.54) is 28.8 Å². The highest BCUT2D eigenvalue weighted by molar-refractivity contribution is 5.93. The zero-order chi connectivity index (χ0) is 18.4. The Bertz CT molecular complexity index is 1170. The lowest BCUT2D eigenvalue weighted by atomic mass is 10.1. The Kier molecular flexibility index (Phi) is 3.64. The van der Waals surface area contributed by atoms with Gasteiger partial charge >= 0.3 is 5.97 Å². The second-order valence-electron chi connectivity index (χ2n) is 6.02. The van der Waals surface area contributed by atoms with Gasteiger partial charge in [-0.15, -0.1) is 0 Å². The second kappa shape index (κ2) is 5.87. The molecule has 0 unspecified atom stereocenters. The lowest BCUT2D eigenvalue weighted by molar-refractivity contribution is 0.0697. The van der Waals surface area contributed by atoms with Crippen LogP contribution in [0.5, 0.6) is 0 Å². The van der Waals surface area contributed by atoms with E-state index >= 15 is 0 Å². The molecule has 2 heterocycles. The molecule has 1 aliphatic rings. The zero-order valence-corrected chi connectivity index (χ0v) is 13.4. The van der Waals surface area contributed by atoms with Crippen LogP contribution >= 0.6 is 0 Å². The molecule has 0 fully saturated rings. The first-order valence-corrected chi connectivity index (χ1v) is 7.88. The summed E-state index contributed by atoms with van der Waals surface area (Å²) >= 11 is 0. The number of carboxylic acid groups (broad SMARTS) is 1. The highest BCUT2D eigenvalue weighted by Crippen LogP contribution is 2.28. The van der Waals surface area contributed by atoms with Crippen molar-refractivity contribution < 1.29 is 18.7 Å². The molecule has 0 spiro atoms. The van der Waals surface area contributed by atoms with Gasteiger partial charge in [0.1, 0.15) is 5.82 Å². The van der Waals surface area contributed by atoms with Crippen LogP contribution in [0.2, 0.25) is 0 Å². The van der Waals surface area contributed by atoms with Gasteiger partial charge in [0, 0.05) is 6.54 Å². The fourth-order valence-electron chi connectivity index (χ4n) is 3.09. The summed E-state index contributed by atoms with van der Waals surface area (Å²) in [4.78, 5) is 28.2. The lowest BCUT2D eigenvalue weighted by Gasteiger charge is -2.06. The SMILES string of the molecule is O=C(O)c1ccc2c(=O)n3c(nc2c1)/C(=C\c1ccc(F)c(F)c1)CC3. The third-order valence-electron chi connectivity index (χ3n) is 4.38. The summed E-state index contributed by atoms with van der Waals surface area (Å²) in [6.45, 7) is 0.424. The molecule has 0 amide bonds. The van der Waals surface area contributed by atoms with Crippen LogP contribution in [0.3, 0.4) is 0 Å². The van der Waals surface area contributed by atoms with Crippen molar-refractivity contribution in [3.8, 4) is 0 Å². The fourth-order valence-corrected chi connectivity index (χ4v) is 3.09. The van der Waals surface area contributed by atoms with Gasteiger partial charge in [-0.1, -0.05) is 6.07 Å². The van der Waals surface area contributed by atoms with Gasteiger partial charge in [0.2, 0.25) is 0 Å². The topological polar surface area (TPSA) is 72.2 Å². The van der Waals surface area contributed by atoms with Crippen LogP contribution < -0.4 is 5.56 Å². The van der Waals surface area contributed by atoms with E-state index < -0.39 is 17.6 Å². The molecule has 1 aromatic heterocycles. The van der Waals surface area contributed by atoms with E-state index in [0.717, 1.165) is 12.1 Å². The fraction of sp³-hybridized carbons (Fsp3) is 0.105. The Morgan fingerprint density at radius 2 is 1.96 bits per heavy atom. The van der Waals surface area contributed by atoms with Gasteiger partial charge in [-0.25, -0.2) is 18.6 Å². The van der Waals surface area contributed by atoms with Gasteiger partial charge in [0.05, 0.1) is 16.5 Å². The molecule has 1 N–H and O–H groups in total. The minimum absolute atomic E-state index is 0.0403. The summed E-state index contributed by atoms with van der Waals surface area (Å²) < 4.78 is 28.0. The van der Waals surface area contributed by atoms with Crippen molar-refractivity contribution in [3.05, 3.63) is 75.3 Å². The number of hydrogen-bond acceptors (Lipinski definition) is 3. The zero-order valence-electron chi connectivity index (χ0n) is 13.4. The number of rotatable bonds is 2. The molecule has 5 nitrogen and oxygen atoms in total. The molecule has 2 aromatic carbocycles. The molecule has 7 heteroatoms. The summed E-state index contributed by atoms with van der Waals surface area (Å²) in [5.74, 6) is -2.57. The minimum Gasteiger partial charge on any atom is -0.478 e. The van der Waals surface area contributed by atoms with Crippen LogP contribution in [0.1, 0.15) is 28.2 Å². The molecule has 0 atom stereocenters. The maximum atomic E-state index is 13.4. The van der Waals surface area contributed by atoms with Gasteiger partial charge in [-0.3, -0.25) is 9.36 Å². The van der Waals surface area contributed by atoms with Crippen molar-refractivity contribution in [2.75, 3.05) is 0 Å². The summed E-state index contributed by atoms with van der Waals surface area (Å²) in [7, 11) is 0. The van der Waals surface area contributed by atoms with Crippen LogP contribution in [0.25, 0.3) is 22.6 Å². The summed E-state index contributed by atoms with van der Waals surface area (Å²) in [6, 6.07) is 7.73. The summed E-state index contributed by atoms with van der Waals surface area (Å²) in [5.41, 5.74) is 1.24. The molecule has 0 radical (unpaired) electrons. The Balaban J connectivity index is 1.88. The normalized spacial score (nSPS) is 14.8. The monoisotopic (exact) mass is 354 g/mol. The number of nitrogens with zero attached hydrogens (tertiary/aromatic N) is 2. The van der Waals surface area contributed by atoms with Crippen molar-refractivity contribution in [3.63, 3.8) is 0 Å². The van der Waals surface area contributed by atoms with Gasteiger partial charge in [-0.2, -0.15) is 0 Å². The third-order valence-corrected chi connectivity index (χ3v) is 4.38. The Morgan fingerprint density at radius 1 is 1.15 bits per heavy atom. The number of benzene rings is 2. The maximum absolute atomic E-state index is 13.4. The molecular formula is C19H12F2N2O3. The smallest absolute Gasteiger partial charge is 0.335 e. The van der Waals surface area contributed by atoms with E-state index in [9.17, 15) is 18.4 Å². The highest BCUT2D eigenvalue weighted by atomic mass is 19.2. The molecule has 0 saturated heterocycles. The number of allylic oxidation sites excluding steroid dienone is 1. The number of carboxylic acids is 1. The quantitative estimate of drug-likeness (QED) is 0.766. The van der Waals surface area contributed by atoms with Crippen molar-refractivity contribution in [2.45, 2.75) is 13.0 Å². The third kappa shape index (κ3) is 2.57. The number of halogens is 2. The van der Waals surface area contributed by atoms with E-state index in [1.807, 2.05) is 0 Å². The number of aromatic nitrogens is 2. The van der Waals surface area contributed by atoms with E-state index in [2.05, 4.69) is 4.98 Å². The first kappa shape index (κ1) is 16.1. The predicted molar refractivity (Wildman–Crippen MR) is 91.8 cm³/mol. The van der Waals surface area contributed by atoms with E-state index in [4.69, 9.17) is 5.11 Å². The molecule has 0 saturated carbocycles. The molecule has 26 heavy (non-hydrogen) atoms. The molecule has 0 bridgehead atoms. The van der Waals surface area contributed by atoms with Crippen LogP contribution in [0.4, 0.5) is 8.78 Å². The molecule has 0 aliphatic carbocycles. The molecule has 4 rings (SSSR count). The number of aromatic carboxylic acids is 1. The van der Waals surface area contributed by atoms with Crippen LogP contribution in [0.15, 0.2) is 41.2 Å². The van der Waals surface area contributed by atoms with Crippen LogP contribution in [-0.4, -0.2) is 20.6 Å². The second-order valence-corrected chi connectivity index (χ2v) is 6.02. The predicted octanol–water partition coefficient (Wildman–Crippen LogP) is 3.32. The van der Waals surface area contributed by atoms with Crippen LogP contribution in [-0.2, 0) is 6.54 Å². The van der Waals surface area contributed by atoms with E-state index in [-0.39, 0.29) is 11.1 Å². The van der Waals surface area contributed by atoms with Crippen molar-refractivity contribution in [1.82, 2.24) is 9.55 Å². The number of hydrogen-bond donors (Lipinski definition) is 1. The van der Waals surface area contributed by atoms with Crippen molar-refractivity contribution in [1.29, 1.82) is 0 Å². The maximum Gasteiger partial charge on any atom is 0.335 e. The minimum atomic E-state index is -1.10. The highest BCUT2D eigenvalue weighted by Gasteiger charge is 2.21. The average molecular weight is 354 g/mol. The largest absolute Gasteiger partial charge is 0.478 e. The van der Waals surface area contributed by atoms with Crippen molar-refractivity contribution in [2.24, 2.45) is 0 Å². The van der Waals surface area contributed by atoms with E-state index in [0.29, 0.717) is 40.8 Å². The first-order chi connectivity index (χ1) is 12.4. The summed E-state index contributed by atoms with van der Waals surface area (Å²) in [5, 5.41) is 9.45. The number of fused-ring (bicyclic) bond motifs is 2. The molecule has 1 aliphatic heterocycles. The first-order valence-electron chi connectivity index (χ1n) is 7.88. The Morgan fingerprint density at radius 3 is 2.69 bits per heavy atom. The van der Waals surface area contributed by atoms with Gasteiger partial charge in [0.15, 0.2) is 11.6 Å². The van der Waals surface area contributed by atoms with Crippen molar-refractivity contribution >= 4 is 28.5 Å². The molecule has 3 aromatic rings. The average Bonchev–Trinajstić information content (AvgIpc) is 3.01. The van der Waals surface area contributed by atoms with Crippen LogP contribution in [0, 0.1) is 11.6 Å². The lowest BCUT2D eigenvalue weighted by Crippen LogP contribution is -2.21. The van der Waals surface area contributed by atoms with E-state index in [1.54, 1.807) is 6.08 Å². The van der Waals surface area contributed by atoms with Gasteiger partial charge < -0.3 is 5.11 Å². The Hall–Kier alpha value is -3.35. The standard InChI is InChI=1S/C19H12F2N2O3/c20-14-4-1-10(8-15(14)21)7-11-5-6-23-17(11)22-16-9-12(19(25)26)2-3-13(16)18(23)24/h1-4,7-9H,5-6H2,(H,25,26)/b11-7-. The summed E-state index contributed by atoms with van der Waals surface area (Å²) in [6.07, 6.45) is 2.17. The molecule has 130 valence electrons. The Labute approximate surface area is 145 Å².